The van der Waals surface area contributed by atoms with Gasteiger partial charge in [-0.3, -0.25) is 9.59 Å². The van der Waals surface area contributed by atoms with E-state index in [1.165, 1.54) is 28.8 Å². The molecule has 120 valence electrons. The van der Waals surface area contributed by atoms with Gasteiger partial charge in [0.05, 0.1) is 13.0 Å². The van der Waals surface area contributed by atoms with Crippen LogP contribution in [0.1, 0.15) is 30.7 Å². The van der Waals surface area contributed by atoms with Crippen LogP contribution in [0.2, 0.25) is 0 Å². The van der Waals surface area contributed by atoms with Crippen LogP contribution < -0.4 is 0 Å². The summed E-state index contributed by atoms with van der Waals surface area (Å²) in [5.74, 6) is -1.29. The maximum absolute atomic E-state index is 13.9. The van der Waals surface area contributed by atoms with E-state index in [2.05, 4.69) is 0 Å². The zero-order valence-corrected chi connectivity index (χ0v) is 13.0. The average molecular weight is 329 g/mol. The van der Waals surface area contributed by atoms with Gasteiger partial charge in [0.1, 0.15) is 17.0 Å². The summed E-state index contributed by atoms with van der Waals surface area (Å²) in [6.07, 6.45) is 0.0329. The van der Waals surface area contributed by atoms with Crippen molar-refractivity contribution < 1.29 is 23.1 Å². The summed E-state index contributed by atoms with van der Waals surface area (Å²) >= 11 is 1.42. The van der Waals surface area contributed by atoms with Crippen LogP contribution in [0.5, 0.6) is 0 Å². The van der Waals surface area contributed by atoms with Crippen LogP contribution in [0.25, 0.3) is 0 Å². The lowest BCUT2D eigenvalue weighted by atomic mass is 10.1. The number of halogens is 2. The van der Waals surface area contributed by atoms with E-state index in [4.69, 9.17) is 4.74 Å². The second-order valence-corrected chi connectivity index (χ2v) is 5.97. The Balaban J connectivity index is 2.03. The maximum Gasteiger partial charge on any atom is 0.306 e. The molecule has 0 aliphatic carbocycles. The maximum atomic E-state index is 13.9. The second kappa shape index (κ2) is 7.58. The molecule has 4 nitrogen and oxygen atoms in total. The van der Waals surface area contributed by atoms with E-state index in [0.29, 0.717) is 12.3 Å². The molecule has 1 atom stereocenters. The Morgan fingerprint density at radius 2 is 2.14 bits per heavy atom. The summed E-state index contributed by atoms with van der Waals surface area (Å²) in [7, 11) is 0. The molecule has 0 unspecified atom stereocenters. The summed E-state index contributed by atoms with van der Waals surface area (Å²) in [6, 6.07) is 3.35. The van der Waals surface area contributed by atoms with Crippen LogP contribution in [0.4, 0.5) is 8.78 Å². The van der Waals surface area contributed by atoms with Crippen molar-refractivity contribution in [1.82, 2.24) is 4.90 Å². The van der Waals surface area contributed by atoms with Crippen molar-refractivity contribution in [2.75, 3.05) is 18.9 Å². The van der Waals surface area contributed by atoms with E-state index in [1.807, 2.05) is 0 Å². The highest BCUT2D eigenvalue weighted by Gasteiger charge is 2.32. The largest absolute Gasteiger partial charge is 0.466 e. The number of amides is 1. The number of carbonyl (C=O) groups is 2. The van der Waals surface area contributed by atoms with Crippen LogP contribution in [-0.4, -0.2) is 35.7 Å². The van der Waals surface area contributed by atoms with Gasteiger partial charge >= 0.3 is 5.97 Å². The first kappa shape index (κ1) is 16.7. The van der Waals surface area contributed by atoms with E-state index >= 15 is 0 Å². The third-order valence-electron chi connectivity index (χ3n) is 3.29. The number of carbonyl (C=O) groups excluding carboxylic acids is 2. The second-order valence-electron chi connectivity index (χ2n) is 4.78. The topological polar surface area (TPSA) is 46.6 Å². The van der Waals surface area contributed by atoms with Crippen molar-refractivity contribution in [3.8, 4) is 0 Å². The van der Waals surface area contributed by atoms with Crippen LogP contribution >= 0.6 is 11.8 Å². The van der Waals surface area contributed by atoms with Crippen LogP contribution in [0, 0.1) is 11.6 Å². The van der Waals surface area contributed by atoms with Gasteiger partial charge in [-0.2, -0.15) is 0 Å². The standard InChI is InChI=1S/C15H17F2NO3S/c1-2-21-14(20)6-5-13(19)18-7-8-22-15(18)11-4-3-10(16)9-12(11)17/h3-4,9,15H,2,5-8H2,1H3/t15-/m1/s1. The minimum atomic E-state index is -0.664. The molecular formula is C15H17F2NO3S. The number of esters is 1. The third kappa shape index (κ3) is 3.97. The number of hydrogen-bond donors (Lipinski definition) is 0. The fourth-order valence-electron chi connectivity index (χ4n) is 2.27. The van der Waals surface area contributed by atoms with Gasteiger partial charge in [0.15, 0.2) is 0 Å². The van der Waals surface area contributed by atoms with Gasteiger partial charge in [-0.15, -0.1) is 11.8 Å². The van der Waals surface area contributed by atoms with E-state index in [-0.39, 0.29) is 30.9 Å². The minimum Gasteiger partial charge on any atom is -0.466 e. The fourth-order valence-corrected chi connectivity index (χ4v) is 3.57. The predicted octanol–water partition coefficient (Wildman–Crippen LogP) is 2.88. The van der Waals surface area contributed by atoms with Crippen molar-refractivity contribution in [1.29, 1.82) is 0 Å². The molecule has 0 aromatic heterocycles. The first-order valence-electron chi connectivity index (χ1n) is 7.04. The molecule has 0 radical (unpaired) electrons. The Kier molecular flexibility index (Phi) is 5.76. The monoisotopic (exact) mass is 329 g/mol. The zero-order valence-electron chi connectivity index (χ0n) is 12.2. The molecule has 0 saturated carbocycles. The first-order valence-corrected chi connectivity index (χ1v) is 8.09. The van der Waals surface area contributed by atoms with Gasteiger partial charge in [0, 0.05) is 30.3 Å². The van der Waals surface area contributed by atoms with E-state index < -0.39 is 23.0 Å². The van der Waals surface area contributed by atoms with E-state index in [1.54, 1.807) is 6.92 Å². The summed E-state index contributed by atoms with van der Waals surface area (Å²) in [5, 5.41) is -0.477. The molecule has 1 fully saturated rings. The van der Waals surface area contributed by atoms with Crippen molar-refractivity contribution in [3.05, 3.63) is 35.4 Å². The van der Waals surface area contributed by atoms with Crippen molar-refractivity contribution in [2.45, 2.75) is 25.1 Å². The minimum absolute atomic E-state index is 0.00641. The number of hydrogen-bond acceptors (Lipinski definition) is 4. The Labute approximate surface area is 131 Å². The normalized spacial score (nSPS) is 17.6. The SMILES string of the molecule is CCOC(=O)CCC(=O)N1CCS[C@@H]1c1ccc(F)cc1F. The average Bonchev–Trinajstić information content (AvgIpc) is 2.94. The fraction of sp³-hybridized carbons (Fsp3) is 0.467. The van der Waals surface area contributed by atoms with Crippen molar-refractivity contribution >= 4 is 23.6 Å². The molecule has 1 saturated heterocycles. The van der Waals surface area contributed by atoms with Gasteiger partial charge in [0.25, 0.3) is 0 Å². The highest BCUT2D eigenvalue weighted by atomic mass is 32.2. The van der Waals surface area contributed by atoms with Gasteiger partial charge in [-0.1, -0.05) is 6.07 Å². The zero-order chi connectivity index (χ0) is 16.1. The molecule has 0 N–H and O–H groups in total. The third-order valence-corrected chi connectivity index (χ3v) is 4.53. The highest BCUT2D eigenvalue weighted by Crippen LogP contribution is 2.39. The Morgan fingerprint density at radius 3 is 2.82 bits per heavy atom. The Hall–Kier alpha value is -1.63. The molecule has 1 heterocycles. The van der Waals surface area contributed by atoms with Crippen LogP contribution in [0.15, 0.2) is 18.2 Å². The summed E-state index contributed by atoms with van der Waals surface area (Å²) in [6.45, 7) is 2.45. The lowest BCUT2D eigenvalue weighted by Crippen LogP contribution is -2.31. The number of nitrogens with zero attached hydrogens (tertiary/aromatic N) is 1. The first-order chi connectivity index (χ1) is 10.5. The Bertz CT molecular complexity index is 568. The van der Waals surface area contributed by atoms with Gasteiger partial charge < -0.3 is 9.64 Å². The number of rotatable bonds is 5. The van der Waals surface area contributed by atoms with Gasteiger partial charge in [0.2, 0.25) is 5.91 Å². The number of benzene rings is 1. The quantitative estimate of drug-likeness (QED) is 0.779. The molecular weight excluding hydrogens is 312 g/mol. The molecule has 1 aromatic carbocycles. The van der Waals surface area contributed by atoms with Gasteiger partial charge in [-0.25, -0.2) is 8.78 Å². The molecule has 1 aliphatic heterocycles. The lowest BCUT2D eigenvalue weighted by molar-refractivity contribution is -0.145. The lowest BCUT2D eigenvalue weighted by Gasteiger charge is -2.24. The molecule has 0 spiro atoms. The Morgan fingerprint density at radius 1 is 1.36 bits per heavy atom. The van der Waals surface area contributed by atoms with E-state index in [9.17, 15) is 18.4 Å². The molecule has 1 aliphatic rings. The van der Waals surface area contributed by atoms with Crippen molar-refractivity contribution in [2.24, 2.45) is 0 Å². The van der Waals surface area contributed by atoms with Gasteiger partial charge in [-0.05, 0) is 13.0 Å². The molecule has 1 aromatic rings. The van der Waals surface area contributed by atoms with Crippen molar-refractivity contribution in [3.63, 3.8) is 0 Å². The molecule has 22 heavy (non-hydrogen) atoms. The summed E-state index contributed by atoms with van der Waals surface area (Å²) in [4.78, 5) is 25.1. The summed E-state index contributed by atoms with van der Waals surface area (Å²) in [5.41, 5.74) is 0.286. The molecule has 1 amide bonds. The molecule has 7 heteroatoms. The number of thioether (sulfide) groups is 1. The summed E-state index contributed by atoms with van der Waals surface area (Å²) < 4.78 is 31.7. The van der Waals surface area contributed by atoms with Crippen LogP contribution in [0.3, 0.4) is 0 Å². The predicted molar refractivity (Wildman–Crippen MR) is 79.1 cm³/mol. The molecule has 2 rings (SSSR count). The molecule has 0 bridgehead atoms. The highest BCUT2D eigenvalue weighted by molar-refractivity contribution is 7.99. The smallest absolute Gasteiger partial charge is 0.306 e. The van der Waals surface area contributed by atoms with E-state index in [0.717, 1.165) is 6.07 Å². The number of ether oxygens (including phenoxy) is 1. The van der Waals surface area contributed by atoms with Crippen LogP contribution in [-0.2, 0) is 14.3 Å².